The number of thiazole rings is 1. The molecular weight excluding hydrogens is 304 g/mol. The molecule has 0 spiro atoms. The number of nitrogens with zero attached hydrogens (tertiary/aromatic N) is 1. The third-order valence-electron chi connectivity index (χ3n) is 3.37. The number of aromatic carboxylic acids is 1. The molecular formula is C11H16N2O5S2. The molecule has 0 aromatic carbocycles. The molecule has 1 aliphatic heterocycles. The Morgan fingerprint density at radius 1 is 1.55 bits per heavy atom. The first kappa shape index (κ1) is 15.4. The minimum Gasteiger partial charge on any atom is -0.476 e. The summed E-state index contributed by atoms with van der Waals surface area (Å²) >= 11 is 0.803. The van der Waals surface area contributed by atoms with Gasteiger partial charge in [0.1, 0.15) is 0 Å². The molecule has 1 aromatic rings. The van der Waals surface area contributed by atoms with Crippen molar-refractivity contribution in [3.05, 3.63) is 11.2 Å². The molecule has 2 heterocycles. The number of ether oxygens (including phenoxy) is 1. The molecule has 1 saturated heterocycles. The van der Waals surface area contributed by atoms with E-state index < -0.39 is 21.7 Å². The highest BCUT2D eigenvalue weighted by Gasteiger charge is 2.31. The summed E-state index contributed by atoms with van der Waals surface area (Å²) in [5, 5.41) is 8.92. The fraction of sp³-hybridized carbons (Fsp3) is 0.636. The molecule has 0 amide bonds. The second-order valence-electron chi connectivity index (χ2n) is 5.04. The van der Waals surface area contributed by atoms with E-state index >= 15 is 0 Å². The lowest BCUT2D eigenvalue weighted by molar-refractivity contribution is 0.0265. The molecule has 112 valence electrons. The SMILES string of the molecule is CC1(CNS(=O)(=O)c2scnc2C(=O)O)CCOCC1. The van der Waals surface area contributed by atoms with Gasteiger partial charge in [-0.2, -0.15) is 0 Å². The van der Waals surface area contributed by atoms with Crippen molar-refractivity contribution < 1.29 is 23.1 Å². The Bertz CT molecular complexity index is 590. The summed E-state index contributed by atoms with van der Waals surface area (Å²) in [6.07, 6.45) is 1.54. The van der Waals surface area contributed by atoms with Gasteiger partial charge in [-0.3, -0.25) is 0 Å². The lowest BCUT2D eigenvalue weighted by Crippen LogP contribution is -2.39. The maximum absolute atomic E-state index is 12.2. The van der Waals surface area contributed by atoms with Gasteiger partial charge in [0.05, 0.1) is 5.51 Å². The number of hydrogen-bond donors (Lipinski definition) is 2. The topological polar surface area (TPSA) is 106 Å². The summed E-state index contributed by atoms with van der Waals surface area (Å²) in [6.45, 7) is 3.47. The number of nitrogens with one attached hydrogen (secondary N) is 1. The highest BCUT2D eigenvalue weighted by atomic mass is 32.2. The maximum atomic E-state index is 12.2. The van der Waals surface area contributed by atoms with Crippen LogP contribution in [0.2, 0.25) is 0 Å². The molecule has 0 unspecified atom stereocenters. The van der Waals surface area contributed by atoms with Crippen LogP contribution in [0.25, 0.3) is 0 Å². The van der Waals surface area contributed by atoms with Crippen molar-refractivity contribution >= 4 is 27.3 Å². The van der Waals surface area contributed by atoms with Crippen LogP contribution in [0.3, 0.4) is 0 Å². The molecule has 0 bridgehead atoms. The molecule has 9 heteroatoms. The Morgan fingerprint density at radius 2 is 2.20 bits per heavy atom. The summed E-state index contributed by atoms with van der Waals surface area (Å²) in [4.78, 5) is 14.5. The second kappa shape index (κ2) is 5.76. The van der Waals surface area contributed by atoms with Gasteiger partial charge in [-0.25, -0.2) is 22.9 Å². The van der Waals surface area contributed by atoms with Crippen molar-refractivity contribution in [2.75, 3.05) is 19.8 Å². The van der Waals surface area contributed by atoms with Crippen LogP contribution in [0.15, 0.2) is 9.72 Å². The predicted octanol–water partition coefficient (Wildman–Crippen LogP) is 0.936. The van der Waals surface area contributed by atoms with Crippen molar-refractivity contribution in [1.82, 2.24) is 9.71 Å². The Kier molecular flexibility index (Phi) is 4.43. The molecule has 0 saturated carbocycles. The van der Waals surface area contributed by atoms with Crippen LogP contribution in [0.5, 0.6) is 0 Å². The monoisotopic (exact) mass is 320 g/mol. The Hall–Kier alpha value is -1.03. The van der Waals surface area contributed by atoms with Gasteiger partial charge in [0.15, 0.2) is 9.90 Å². The van der Waals surface area contributed by atoms with Crippen LogP contribution in [-0.4, -0.2) is 44.2 Å². The van der Waals surface area contributed by atoms with E-state index in [9.17, 15) is 13.2 Å². The minimum atomic E-state index is -3.85. The number of carbonyl (C=O) groups is 1. The molecule has 0 atom stereocenters. The van der Waals surface area contributed by atoms with Gasteiger partial charge in [-0.15, -0.1) is 11.3 Å². The average molecular weight is 320 g/mol. The molecule has 0 aliphatic carbocycles. The first-order chi connectivity index (χ1) is 9.34. The Morgan fingerprint density at radius 3 is 2.80 bits per heavy atom. The maximum Gasteiger partial charge on any atom is 0.356 e. The molecule has 2 rings (SSSR count). The third-order valence-corrected chi connectivity index (χ3v) is 6.14. The number of carboxylic acid groups (broad SMARTS) is 1. The Balaban J connectivity index is 2.11. The smallest absolute Gasteiger partial charge is 0.356 e. The molecule has 7 nitrogen and oxygen atoms in total. The minimum absolute atomic E-state index is 0.167. The fourth-order valence-corrected chi connectivity index (χ4v) is 4.33. The van der Waals surface area contributed by atoms with Gasteiger partial charge < -0.3 is 9.84 Å². The van der Waals surface area contributed by atoms with E-state index in [0.717, 1.165) is 24.2 Å². The van der Waals surface area contributed by atoms with E-state index in [2.05, 4.69) is 9.71 Å². The van der Waals surface area contributed by atoms with Gasteiger partial charge in [-0.1, -0.05) is 6.92 Å². The number of aromatic nitrogens is 1. The molecule has 1 aliphatic rings. The summed E-state index contributed by atoms with van der Waals surface area (Å²) in [6, 6.07) is 0. The van der Waals surface area contributed by atoms with E-state index in [4.69, 9.17) is 9.84 Å². The molecule has 2 N–H and O–H groups in total. The van der Waals surface area contributed by atoms with Crippen LogP contribution in [0, 0.1) is 5.41 Å². The highest BCUT2D eigenvalue weighted by molar-refractivity contribution is 7.91. The van der Waals surface area contributed by atoms with Crippen molar-refractivity contribution in [1.29, 1.82) is 0 Å². The second-order valence-corrected chi connectivity index (χ2v) is 7.86. The zero-order chi connectivity index (χ0) is 14.8. The van der Waals surface area contributed by atoms with Gasteiger partial charge in [0.25, 0.3) is 10.0 Å². The number of carboxylic acids is 1. The van der Waals surface area contributed by atoms with Crippen molar-refractivity contribution in [2.24, 2.45) is 5.41 Å². The standard InChI is InChI=1S/C11H16N2O5S2/c1-11(2-4-18-5-3-11)6-13-20(16,17)10-8(9(14)15)12-7-19-10/h7,13H,2-6H2,1H3,(H,14,15). The molecule has 1 fully saturated rings. The van der Waals surface area contributed by atoms with Crippen LogP contribution < -0.4 is 4.72 Å². The zero-order valence-corrected chi connectivity index (χ0v) is 12.6. The van der Waals surface area contributed by atoms with Crippen LogP contribution in [0.4, 0.5) is 0 Å². The molecule has 0 radical (unpaired) electrons. The van der Waals surface area contributed by atoms with E-state index in [1.807, 2.05) is 6.92 Å². The normalized spacial score (nSPS) is 18.9. The van der Waals surface area contributed by atoms with Gasteiger partial charge in [0.2, 0.25) is 0 Å². The number of sulfonamides is 1. The molecule has 20 heavy (non-hydrogen) atoms. The Labute approximate surface area is 121 Å². The van der Waals surface area contributed by atoms with Crippen LogP contribution in [-0.2, 0) is 14.8 Å². The predicted molar refractivity (Wildman–Crippen MR) is 72.4 cm³/mol. The lowest BCUT2D eigenvalue weighted by atomic mass is 9.83. The molecule has 1 aromatic heterocycles. The highest BCUT2D eigenvalue weighted by Crippen LogP contribution is 2.29. The van der Waals surface area contributed by atoms with Gasteiger partial charge >= 0.3 is 5.97 Å². The summed E-state index contributed by atoms with van der Waals surface area (Å²) in [5.74, 6) is -1.34. The van der Waals surface area contributed by atoms with Gasteiger partial charge in [0, 0.05) is 19.8 Å². The van der Waals surface area contributed by atoms with E-state index in [0.29, 0.717) is 13.2 Å². The van der Waals surface area contributed by atoms with Gasteiger partial charge in [-0.05, 0) is 18.3 Å². The van der Waals surface area contributed by atoms with Crippen LogP contribution in [0.1, 0.15) is 30.3 Å². The van der Waals surface area contributed by atoms with Crippen molar-refractivity contribution in [2.45, 2.75) is 24.0 Å². The zero-order valence-electron chi connectivity index (χ0n) is 11.0. The average Bonchev–Trinajstić information content (AvgIpc) is 2.88. The number of hydrogen-bond acceptors (Lipinski definition) is 6. The largest absolute Gasteiger partial charge is 0.476 e. The first-order valence-electron chi connectivity index (χ1n) is 6.08. The van der Waals surface area contributed by atoms with Crippen molar-refractivity contribution in [3.8, 4) is 0 Å². The summed E-state index contributed by atoms with van der Waals surface area (Å²) < 4.78 is 31.8. The third kappa shape index (κ3) is 3.35. The quantitative estimate of drug-likeness (QED) is 0.836. The lowest BCUT2D eigenvalue weighted by Gasteiger charge is -2.33. The number of rotatable bonds is 5. The van der Waals surface area contributed by atoms with Crippen LogP contribution >= 0.6 is 11.3 Å². The first-order valence-corrected chi connectivity index (χ1v) is 8.45. The summed E-state index contributed by atoms with van der Waals surface area (Å²) in [5.41, 5.74) is 0.618. The summed E-state index contributed by atoms with van der Waals surface area (Å²) in [7, 11) is -3.85. The van der Waals surface area contributed by atoms with Crippen molar-refractivity contribution in [3.63, 3.8) is 0 Å². The van der Waals surface area contributed by atoms with E-state index in [1.165, 1.54) is 5.51 Å². The van der Waals surface area contributed by atoms with E-state index in [1.54, 1.807) is 0 Å². The fourth-order valence-electron chi connectivity index (χ4n) is 1.94. The van der Waals surface area contributed by atoms with E-state index in [-0.39, 0.29) is 16.2 Å².